The molecule has 78 valence electrons. The van der Waals surface area contributed by atoms with Gasteiger partial charge in [0.15, 0.2) is 0 Å². The minimum absolute atomic E-state index is 0.807. The molecule has 2 rings (SSSR count). The zero-order valence-electron chi connectivity index (χ0n) is 9.12. The van der Waals surface area contributed by atoms with E-state index >= 15 is 0 Å². The minimum atomic E-state index is 0.807. The van der Waals surface area contributed by atoms with Gasteiger partial charge >= 0.3 is 0 Å². The lowest BCUT2D eigenvalue weighted by Crippen LogP contribution is -2.08. The van der Waals surface area contributed by atoms with Crippen LogP contribution in [-0.2, 0) is 0 Å². The number of hydrogen-bond donors (Lipinski definition) is 1. The summed E-state index contributed by atoms with van der Waals surface area (Å²) in [6.45, 7) is 4.29. The first kappa shape index (κ1) is 9.90. The standard InChI is InChI=1S/C12H15N3/c1-9-4-3-5-10(2)12(9)15-11-8-13-6-7-14-11/h4,6-8H,3,5H2,1-2H3,(H,14,15). The van der Waals surface area contributed by atoms with Crippen molar-refractivity contribution >= 4 is 5.82 Å². The molecule has 1 heterocycles. The van der Waals surface area contributed by atoms with Crippen molar-refractivity contribution in [2.24, 2.45) is 0 Å². The van der Waals surface area contributed by atoms with Gasteiger partial charge in [-0.05, 0) is 37.8 Å². The molecule has 0 spiro atoms. The fourth-order valence-electron chi connectivity index (χ4n) is 1.77. The van der Waals surface area contributed by atoms with Crippen molar-refractivity contribution in [2.75, 3.05) is 5.32 Å². The van der Waals surface area contributed by atoms with Gasteiger partial charge in [-0.3, -0.25) is 4.98 Å². The molecule has 0 bridgehead atoms. The van der Waals surface area contributed by atoms with Crippen LogP contribution < -0.4 is 5.32 Å². The Morgan fingerprint density at radius 2 is 2.13 bits per heavy atom. The van der Waals surface area contributed by atoms with E-state index in [1.165, 1.54) is 16.8 Å². The van der Waals surface area contributed by atoms with Gasteiger partial charge in [-0.2, -0.15) is 0 Å². The average Bonchev–Trinajstić information content (AvgIpc) is 2.25. The molecule has 0 unspecified atom stereocenters. The second-order valence-corrected chi connectivity index (χ2v) is 3.80. The molecule has 3 heteroatoms. The van der Waals surface area contributed by atoms with E-state index in [2.05, 4.69) is 35.2 Å². The van der Waals surface area contributed by atoms with Gasteiger partial charge in [-0.15, -0.1) is 0 Å². The van der Waals surface area contributed by atoms with Crippen LogP contribution in [0.5, 0.6) is 0 Å². The zero-order valence-corrected chi connectivity index (χ0v) is 9.12. The van der Waals surface area contributed by atoms with E-state index in [-0.39, 0.29) is 0 Å². The summed E-state index contributed by atoms with van der Waals surface area (Å²) in [6.07, 6.45) is 9.63. The second kappa shape index (κ2) is 4.26. The number of nitrogens with zero attached hydrogens (tertiary/aromatic N) is 2. The van der Waals surface area contributed by atoms with Crippen LogP contribution in [-0.4, -0.2) is 9.97 Å². The minimum Gasteiger partial charge on any atom is -0.339 e. The summed E-state index contributed by atoms with van der Waals surface area (Å²) >= 11 is 0. The summed E-state index contributed by atoms with van der Waals surface area (Å²) in [6, 6.07) is 0. The highest BCUT2D eigenvalue weighted by Crippen LogP contribution is 2.24. The highest BCUT2D eigenvalue weighted by Gasteiger charge is 2.10. The topological polar surface area (TPSA) is 37.8 Å². The smallest absolute Gasteiger partial charge is 0.148 e. The van der Waals surface area contributed by atoms with Crippen molar-refractivity contribution < 1.29 is 0 Å². The fraction of sp³-hybridized carbons (Fsp3) is 0.333. The molecular formula is C12H15N3. The Hall–Kier alpha value is -1.64. The molecule has 0 saturated carbocycles. The molecule has 3 nitrogen and oxygen atoms in total. The maximum Gasteiger partial charge on any atom is 0.148 e. The SMILES string of the molecule is CC1=CCCC(C)=C1Nc1cnccn1. The number of nitrogens with one attached hydrogen (secondary N) is 1. The van der Waals surface area contributed by atoms with Crippen LogP contribution in [0.3, 0.4) is 0 Å². The van der Waals surface area contributed by atoms with E-state index in [0.717, 1.165) is 18.7 Å². The summed E-state index contributed by atoms with van der Waals surface area (Å²) < 4.78 is 0. The van der Waals surface area contributed by atoms with Gasteiger partial charge in [0, 0.05) is 18.1 Å². The first-order chi connectivity index (χ1) is 7.27. The summed E-state index contributed by atoms with van der Waals surface area (Å²) in [4.78, 5) is 8.24. The van der Waals surface area contributed by atoms with E-state index in [4.69, 9.17) is 0 Å². The van der Waals surface area contributed by atoms with E-state index < -0.39 is 0 Å². The number of allylic oxidation sites excluding steroid dienone is 3. The molecule has 0 radical (unpaired) electrons. The molecule has 1 aromatic rings. The Kier molecular flexibility index (Phi) is 2.81. The summed E-state index contributed by atoms with van der Waals surface area (Å²) in [7, 11) is 0. The van der Waals surface area contributed by atoms with Crippen molar-refractivity contribution in [2.45, 2.75) is 26.7 Å². The number of hydrogen-bond acceptors (Lipinski definition) is 3. The molecule has 0 amide bonds. The fourth-order valence-corrected chi connectivity index (χ4v) is 1.77. The molecular weight excluding hydrogens is 186 g/mol. The monoisotopic (exact) mass is 201 g/mol. The average molecular weight is 201 g/mol. The van der Waals surface area contributed by atoms with E-state index in [9.17, 15) is 0 Å². The van der Waals surface area contributed by atoms with Crippen molar-refractivity contribution in [1.82, 2.24) is 9.97 Å². The molecule has 0 atom stereocenters. The van der Waals surface area contributed by atoms with Crippen LogP contribution in [0.15, 0.2) is 41.5 Å². The number of rotatable bonds is 2. The predicted octanol–water partition coefficient (Wildman–Crippen LogP) is 2.90. The first-order valence-corrected chi connectivity index (χ1v) is 5.17. The molecule has 1 N–H and O–H groups in total. The molecule has 1 aliphatic rings. The van der Waals surface area contributed by atoms with Crippen LogP contribution in [0, 0.1) is 0 Å². The van der Waals surface area contributed by atoms with Crippen LogP contribution in [0.1, 0.15) is 26.7 Å². The summed E-state index contributed by atoms with van der Waals surface area (Å²) in [5, 5.41) is 3.32. The molecule has 0 saturated heterocycles. The Labute approximate surface area is 90.0 Å². The van der Waals surface area contributed by atoms with E-state index in [1.54, 1.807) is 18.6 Å². The third-order valence-corrected chi connectivity index (χ3v) is 2.61. The normalized spacial score (nSPS) is 16.3. The van der Waals surface area contributed by atoms with Gasteiger partial charge in [-0.25, -0.2) is 4.98 Å². The Morgan fingerprint density at radius 3 is 2.80 bits per heavy atom. The molecule has 15 heavy (non-hydrogen) atoms. The van der Waals surface area contributed by atoms with Gasteiger partial charge in [-0.1, -0.05) is 6.08 Å². The predicted molar refractivity (Wildman–Crippen MR) is 61.3 cm³/mol. The third-order valence-electron chi connectivity index (χ3n) is 2.61. The molecule has 1 aliphatic carbocycles. The van der Waals surface area contributed by atoms with Crippen molar-refractivity contribution in [1.29, 1.82) is 0 Å². The Balaban J connectivity index is 2.22. The Bertz CT molecular complexity index is 404. The molecule has 0 aliphatic heterocycles. The third kappa shape index (κ3) is 2.24. The molecule has 0 fully saturated rings. The molecule has 1 aromatic heterocycles. The lowest BCUT2D eigenvalue weighted by molar-refractivity contribution is 0.918. The summed E-state index contributed by atoms with van der Waals surface area (Å²) in [5.74, 6) is 0.807. The second-order valence-electron chi connectivity index (χ2n) is 3.80. The first-order valence-electron chi connectivity index (χ1n) is 5.17. The van der Waals surface area contributed by atoms with Crippen LogP contribution in [0.2, 0.25) is 0 Å². The van der Waals surface area contributed by atoms with E-state index in [0.29, 0.717) is 0 Å². The zero-order chi connectivity index (χ0) is 10.7. The van der Waals surface area contributed by atoms with E-state index in [1.807, 2.05) is 0 Å². The highest BCUT2D eigenvalue weighted by molar-refractivity contribution is 5.50. The van der Waals surface area contributed by atoms with Crippen LogP contribution in [0.4, 0.5) is 5.82 Å². The maximum atomic E-state index is 4.21. The van der Waals surface area contributed by atoms with Gasteiger partial charge in [0.25, 0.3) is 0 Å². The maximum absolute atomic E-state index is 4.21. The lowest BCUT2D eigenvalue weighted by Gasteiger charge is -2.18. The van der Waals surface area contributed by atoms with Gasteiger partial charge in [0.05, 0.1) is 6.20 Å². The van der Waals surface area contributed by atoms with Gasteiger partial charge in [0.1, 0.15) is 5.82 Å². The van der Waals surface area contributed by atoms with Crippen molar-refractivity contribution in [3.05, 3.63) is 41.5 Å². The van der Waals surface area contributed by atoms with Gasteiger partial charge in [0.2, 0.25) is 0 Å². The number of anilines is 1. The molecule has 0 aromatic carbocycles. The van der Waals surface area contributed by atoms with Crippen molar-refractivity contribution in [3.63, 3.8) is 0 Å². The quantitative estimate of drug-likeness (QED) is 0.799. The largest absolute Gasteiger partial charge is 0.339 e. The Morgan fingerprint density at radius 1 is 1.27 bits per heavy atom. The summed E-state index contributed by atoms with van der Waals surface area (Å²) in [5.41, 5.74) is 3.88. The van der Waals surface area contributed by atoms with Crippen LogP contribution >= 0.6 is 0 Å². The highest BCUT2D eigenvalue weighted by atomic mass is 15.0. The number of aromatic nitrogens is 2. The lowest BCUT2D eigenvalue weighted by atomic mass is 9.98. The van der Waals surface area contributed by atoms with Crippen molar-refractivity contribution in [3.8, 4) is 0 Å². The van der Waals surface area contributed by atoms with Gasteiger partial charge < -0.3 is 5.32 Å². The van der Waals surface area contributed by atoms with Crippen LogP contribution in [0.25, 0.3) is 0 Å².